The predicted octanol–water partition coefficient (Wildman–Crippen LogP) is 2.96. The van der Waals surface area contributed by atoms with Gasteiger partial charge in [0.15, 0.2) is 5.13 Å². The molecule has 2 rings (SSSR count). The molecule has 0 radical (unpaired) electrons. The van der Waals surface area contributed by atoms with Crippen LogP contribution in [0.25, 0.3) is 0 Å². The van der Waals surface area contributed by atoms with E-state index in [4.69, 9.17) is 9.72 Å². The Bertz CT molecular complexity index is 402. The van der Waals surface area contributed by atoms with Gasteiger partial charge in [-0.3, -0.25) is 0 Å². The smallest absolute Gasteiger partial charge is 0.185 e. The van der Waals surface area contributed by atoms with Crippen molar-refractivity contribution in [3.05, 3.63) is 10.6 Å². The van der Waals surface area contributed by atoms with Crippen LogP contribution in [-0.4, -0.2) is 38.3 Å². The van der Waals surface area contributed by atoms with Crippen LogP contribution in [0.4, 0.5) is 5.13 Å². The van der Waals surface area contributed by atoms with Crippen LogP contribution in [0.1, 0.15) is 42.7 Å². The van der Waals surface area contributed by atoms with E-state index in [1.165, 1.54) is 42.1 Å². The van der Waals surface area contributed by atoms with Crippen LogP contribution in [0.2, 0.25) is 0 Å². The number of ether oxygens (including phenoxy) is 1. The number of rotatable bonds is 7. The van der Waals surface area contributed by atoms with Gasteiger partial charge in [-0.25, -0.2) is 4.98 Å². The van der Waals surface area contributed by atoms with E-state index in [1.807, 2.05) is 11.3 Å². The zero-order valence-corrected chi connectivity index (χ0v) is 13.8. The molecule has 0 aromatic carbocycles. The first-order chi connectivity index (χ1) is 9.72. The highest BCUT2D eigenvalue weighted by molar-refractivity contribution is 7.15. The van der Waals surface area contributed by atoms with E-state index in [0.717, 1.165) is 25.4 Å². The molecule has 5 heteroatoms. The minimum atomic E-state index is 0.684. The lowest BCUT2D eigenvalue weighted by Gasteiger charge is -2.30. The first-order valence-corrected chi connectivity index (χ1v) is 8.43. The third-order valence-electron chi connectivity index (χ3n) is 4.07. The number of thiazole rings is 1. The van der Waals surface area contributed by atoms with Crippen molar-refractivity contribution in [3.8, 4) is 0 Å². The maximum absolute atomic E-state index is 5.05. The van der Waals surface area contributed by atoms with Crippen molar-refractivity contribution in [2.45, 2.75) is 51.6 Å². The summed E-state index contributed by atoms with van der Waals surface area (Å²) in [5, 5.41) is 4.58. The van der Waals surface area contributed by atoms with Gasteiger partial charge in [-0.2, -0.15) is 0 Å². The minimum absolute atomic E-state index is 0.684. The predicted molar refractivity (Wildman–Crippen MR) is 85.7 cm³/mol. The van der Waals surface area contributed by atoms with E-state index in [1.54, 1.807) is 7.11 Å². The Labute approximate surface area is 126 Å². The molecule has 1 saturated carbocycles. The first-order valence-electron chi connectivity index (χ1n) is 7.61. The second-order valence-electron chi connectivity index (χ2n) is 5.58. The summed E-state index contributed by atoms with van der Waals surface area (Å²) in [7, 11) is 3.94. The summed E-state index contributed by atoms with van der Waals surface area (Å²) in [5.74, 6) is 0. The van der Waals surface area contributed by atoms with Gasteiger partial charge in [-0.1, -0.05) is 19.3 Å². The van der Waals surface area contributed by atoms with Gasteiger partial charge < -0.3 is 15.0 Å². The van der Waals surface area contributed by atoms with E-state index in [0.29, 0.717) is 6.04 Å². The molecule has 0 amide bonds. The fourth-order valence-electron chi connectivity index (χ4n) is 2.73. The van der Waals surface area contributed by atoms with Gasteiger partial charge in [0.2, 0.25) is 0 Å². The summed E-state index contributed by atoms with van der Waals surface area (Å²) in [4.78, 5) is 8.50. The van der Waals surface area contributed by atoms with E-state index in [9.17, 15) is 0 Å². The normalized spacial score (nSPS) is 16.6. The fraction of sp³-hybridized carbons (Fsp3) is 0.800. The molecule has 114 valence electrons. The number of aromatic nitrogens is 1. The molecule has 20 heavy (non-hydrogen) atoms. The second-order valence-corrected chi connectivity index (χ2v) is 6.64. The largest absolute Gasteiger partial charge is 0.383 e. The number of aryl methyl sites for hydroxylation is 1. The Hall–Kier alpha value is -0.650. The van der Waals surface area contributed by atoms with Crippen LogP contribution in [0.3, 0.4) is 0 Å². The van der Waals surface area contributed by atoms with Crippen molar-refractivity contribution in [1.82, 2.24) is 10.3 Å². The molecule has 0 spiro atoms. The van der Waals surface area contributed by atoms with Crippen molar-refractivity contribution in [2.75, 3.05) is 32.2 Å². The molecule has 0 bridgehead atoms. The molecule has 1 fully saturated rings. The van der Waals surface area contributed by atoms with E-state index in [2.05, 4.69) is 24.2 Å². The molecular weight excluding hydrogens is 270 g/mol. The van der Waals surface area contributed by atoms with E-state index < -0.39 is 0 Å². The number of anilines is 1. The van der Waals surface area contributed by atoms with Crippen LogP contribution in [0.5, 0.6) is 0 Å². The molecule has 0 aliphatic heterocycles. The lowest BCUT2D eigenvalue weighted by molar-refractivity contribution is 0.199. The second kappa shape index (κ2) is 7.96. The van der Waals surface area contributed by atoms with Gasteiger partial charge in [0.1, 0.15) is 0 Å². The molecule has 1 heterocycles. The average molecular weight is 297 g/mol. The van der Waals surface area contributed by atoms with E-state index >= 15 is 0 Å². The Morgan fingerprint density at radius 1 is 1.35 bits per heavy atom. The van der Waals surface area contributed by atoms with E-state index in [-0.39, 0.29) is 0 Å². The Balaban J connectivity index is 1.91. The summed E-state index contributed by atoms with van der Waals surface area (Å²) in [6, 6.07) is 0.684. The first kappa shape index (κ1) is 15.7. The molecule has 1 aromatic heterocycles. The lowest BCUT2D eigenvalue weighted by atomic mass is 9.95. The standard InChI is InChI=1S/C15H27N3OS/c1-12-14(11-16-9-10-19-3)20-15(17-12)18(2)13-7-5-4-6-8-13/h13,16H,4-11H2,1-3H3. The summed E-state index contributed by atoms with van der Waals surface area (Å²) < 4.78 is 5.05. The molecule has 1 aliphatic carbocycles. The maximum Gasteiger partial charge on any atom is 0.185 e. The number of nitrogens with one attached hydrogen (secondary N) is 1. The third-order valence-corrected chi connectivity index (χ3v) is 5.32. The van der Waals surface area contributed by atoms with Gasteiger partial charge in [0, 0.05) is 38.2 Å². The summed E-state index contributed by atoms with van der Waals surface area (Å²) in [6.07, 6.45) is 6.76. The van der Waals surface area contributed by atoms with Crippen molar-refractivity contribution in [1.29, 1.82) is 0 Å². The minimum Gasteiger partial charge on any atom is -0.383 e. The van der Waals surface area contributed by atoms with Gasteiger partial charge in [0.05, 0.1) is 12.3 Å². The molecule has 1 N–H and O–H groups in total. The average Bonchev–Trinajstić information content (AvgIpc) is 2.85. The number of methoxy groups -OCH3 is 1. The Morgan fingerprint density at radius 3 is 2.80 bits per heavy atom. The molecule has 0 unspecified atom stereocenters. The van der Waals surface area contributed by atoms with Crippen molar-refractivity contribution in [3.63, 3.8) is 0 Å². The summed E-state index contributed by atoms with van der Waals surface area (Å²) in [5.41, 5.74) is 1.16. The van der Waals surface area contributed by atoms with Gasteiger partial charge in [-0.15, -0.1) is 11.3 Å². The third kappa shape index (κ3) is 4.17. The molecule has 0 saturated heterocycles. The van der Waals surface area contributed by atoms with Crippen LogP contribution in [0, 0.1) is 6.92 Å². The molecule has 0 atom stereocenters. The maximum atomic E-state index is 5.05. The Kier molecular flexibility index (Phi) is 6.26. The monoisotopic (exact) mass is 297 g/mol. The Morgan fingerprint density at radius 2 is 2.10 bits per heavy atom. The van der Waals surface area contributed by atoms with Crippen LogP contribution in [0.15, 0.2) is 0 Å². The van der Waals surface area contributed by atoms with Gasteiger partial charge in [0.25, 0.3) is 0 Å². The number of nitrogens with zero attached hydrogens (tertiary/aromatic N) is 2. The molecule has 1 aliphatic rings. The molecule has 1 aromatic rings. The zero-order chi connectivity index (χ0) is 14.4. The summed E-state index contributed by atoms with van der Waals surface area (Å²) >= 11 is 1.83. The quantitative estimate of drug-likeness (QED) is 0.785. The number of hydrogen-bond donors (Lipinski definition) is 1. The topological polar surface area (TPSA) is 37.4 Å². The molecular formula is C15H27N3OS. The van der Waals surface area contributed by atoms with Gasteiger partial charge >= 0.3 is 0 Å². The zero-order valence-electron chi connectivity index (χ0n) is 12.9. The van der Waals surface area contributed by atoms with Crippen LogP contribution >= 0.6 is 11.3 Å². The van der Waals surface area contributed by atoms with Crippen molar-refractivity contribution < 1.29 is 4.74 Å². The van der Waals surface area contributed by atoms with Crippen molar-refractivity contribution in [2.24, 2.45) is 0 Å². The number of hydrogen-bond acceptors (Lipinski definition) is 5. The van der Waals surface area contributed by atoms with Crippen LogP contribution < -0.4 is 10.2 Å². The lowest BCUT2D eigenvalue weighted by Crippen LogP contribution is -2.33. The highest BCUT2D eigenvalue weighted by atomic mass is 32.1. The highest BCUT2D eigenvalue weighted by Gasteiger charge is 2.21. The highest BCUT2D eigenvalue weighted by Crippen LogP contribution is 2.30. The van der Waals surface area contributed by atoms with Crippen molar-refractivity contribution >= 4 is 16.5 Å². The molecule has 4 nitrogen and oxygen atoms in total. The SMILES string of the molecule is COCCNCc1sc(N(C)C2CCCCC2)nc1C. The fourth-order valence-corrected chi connectivity index (χ4v) is 3.79. The summed E-state index contributed by atoms with van der Waals surface area (Å²) in [6.45, 7) is 4.65. The van der Waals surface area contributed by atoms with Gasteiger partial charge in [-0.05, 0) is 19.8 Å². The van der Waals surface area contributed by atoms with Crippen LogP contribution in [-0.2, 0) is 11.3 Å².